The highest BCUT2D eigenvalue weighted by atomic mass is 32.2. The number of carbonyl (C=O) groups is 1. The Morgan fingerprint density at radius 2 is 1.85 bits per heavy atom. The highest BCUT2D eigenvalue weighted by Crippen LogP contribution is 2.22. The topological polar surface area (TPSA) is 71.4 Å². The molecule has 78 valence electrons. The van der Waals surface area contributed by atoms with Crippen LogP contribution < -0.4 is 0 Å². The Labute approximate surface area is 79.1 Å². The summed E-state index contributed by atoms with van der Waals surface area (Å²) in [5.41, 5.74) is -0.495. The van der Waals surface area contributed by atoms with E-state index in [4.69, 9.17) is 4.55 Å². The van der Waals surface area contributed by atoms with Crippen molar-refractivity contribution in [2.75, 3.05) is 5.75 Å². The van der Waals surface area contributed by atoms with Gasteiger partial charge in [0.25, 0.3) is 10.1 Å². The normalized spacial score (nSPS) is 12.9. The van der Waals surface area contributed by atoms with Crippen molar-refractivity contribution in [2.24, 2.45) is 5.41 Å². The summed E-state index contributed by atoms with van der Waals surface area (Å²) in [4.78, 5) is 11.4. The van der Waals surface area contributed by atoms with Crippen LogP contribution in [-0.2, 0) is 14.9 Å². The summed E-state index contributed by atoms with van der Waals surface area (Å²) in [6, 6.07) is 0. The van der Waals surface area contributed by atoms with Crippen LogP contribution in [-0.4, -0.2) is 24.5 Å². The molecular formula is C8H16O4S. The van der Waals surface area contributed by atoms with E-state index in [9.17, 15) is 13.2 Å². The number of rotatable bonds is 5. The zero-order valence-electron chi connectivity index (χ0n) is 8.20. The molecule has 0 amide bonds. The summed E-state index contributed by atoms with van der Waals surface area (Å²) in [7, 11) is -4.01. The summed E-state index contributed by atoms with van der Waals surface area (Å²) in [5.74, 6) is -0.609. The number of hydrogen-bond acceptors (Lipinski definition) is 3. The summed E-state index contributed by atoms with van der Waals surface area (Å²) in [6.45, 7) is 5.39. The first-order valence-electron chi connectivity index (χ1n) is 4.17. The van der Waals surface area contributed by atoms with Crippen LogP contribution in [0.15, 0.2) is 0 Å². The summed E-state index contributed by atoms with van der Waals surface area (Å²) in [6.07, 6.45) is 0.553. The van der Waals surface area contributed by atoms with Crippen molar-refractivity contribution < 1.29 is 17.8 Å². The van der Waals surface area contributed by atoms with E-state index < -0.39 is 21.3 Å². The molecule has 0 heterocycles. The molecule has 0 saturated heterocycles. The third kappa shape index (κ3) is 5.00. The van der Waals surface area contributed by atoms with Gasteiger partial charge in [0.15, 0.2) is 0 Å². The smallest absolute Gasteiger partial charge is 0.265 e. The van der Waals surface area contributed by atoms with Gasteiger partial charge in [-0.3, -0.25) is 9.35 Å². The fraction of sp³-hybridized carbons (Fsp3) is 0.875. The lowest BCUT2D eigenvalue weighted by Gasteiger charge is -2.20. The van der Waals surface area contributed by atoms with Crippen LogP contribution in [0.5, 0.6) is 0 Å². The van der Waals surface area contributed by atoms with Gasteiger partial charge in [0.1, 0.15) is 5.78 Å². The van der Waals surface area contributed by atoms with Gasteiger partial charge >= 0.3 is 0 Å². The van der Waals surface area contributed by atoms with Crippen LogP contribution in [0.25, 0.3) is 0 Å². The van der Waals surface area contributed by atoms with Crippen LogP contribution in [0.4, 0.5) is 0 Å². The maximum absolute atomic E-state index is 11.4. The van der Waals surface area contributed by atoms with E-state index in [1.807, 2.05) is 6.92 Å². The Hall–Kier alpha value is -0.420. The minimum Gasteiger partial charge on any atom is -0.299 e. The Morgan fingerprint density at radius 3 is 2.15 bits per heavy atom. The number of ketones is 1. The molecule has 0 aromatic rings. The molecule has 13 heavy (non-hydrogen) atoms. The first-order valence-corrected chi connectivity index (χ1v) is 5.78. The second kappa shape index (κ2) is 4.19. The van der Waals surface area contributed by atoms with Gasteiger partial charge in [-0.05, 0) is 6.42 Å². The van der Waals surface area contributed by atoms with Crippen molar-refractivity contribution in [3.8, 4) is 0 Å². The average molecular weight is 208 g/mol. The van der Waals surface area contributed by atoms with Crippen molar-refractivity contribution in [1.29, 1.82) is 0 Å². The lowest BCUT2D eigenvalue weighted by molar-refractivity contribution is -0.126. The Morgan fingerprint density at radius 1 is 1.38 bits per heavy atom. The molecule has 0 saturated carbocycles. The van der Waals surface area contributed by atoms with Gasteiger partial charge < -0.3 is 0 Å². The van der Waals surface area contributed by atoms with Crippen LogP contribution in [0.1, 0.15) is 33.6 Å². The molecule has 0 aromatic heterocycles. The zero-order valence-corrected chi connectivity index (χ0v) is 9.02. The minimum atomic E-state index is -4.01. The lowest BCUT2D eigenvalue weighted by Crippen LogP contribution is -2.25. The molecule has 0 fully saturated rings. The van der Waals surface area contributed by atoms with Gasteiger partial charge in [0.2, 0.25) is 0 Å². The van der Waals surface area contributed by atoms with E-state index in [0.29, 0.717) is 6.42 Å². The van der Waals surface area contributed by atoms with Crippen LogP contribution in [0.2, 0.25) is 0 Å². The van der Waals surface area contributed by atoms with Gasteiger partial charge in [-0.25, -0.2) is 0 Å². The third-order valence-corrected chi connectivity index (χ3v) is 2.95. The fourth-order valence-electron chi connectivity index (χ4n) is 0.757. The summed E-state index contributed by atoms with van der Waals surface area (Å²) >= 11 is 0. The molecule has 0 bridgehead atoms. The minimum absolute atomic E-state index is 0.111. The third-order valence-electron chi connectivity index (χ3n) is 2.23. The number of hydrogen-bond donors (Lipinski definition) is 1. The Balaban J connectivity index is 4.19. The molecule has 0 radical (unpaired) electrons. The molecule has 0 rings (SSSR count). The fourth-order valence-corrected chi connectivity index (χ4v) is 1.20. The van der Waals surface area contributed by atoms with E-state index in [1.54, 1.807) is 13.8 Å². The van der Waals surface area contributed by atoms with Gasteiger partial charge in [-0.15, -0.1) is 0 Å². The van der Waals surface area contributed by atoms with Crippen LogP contribution >= 0.6 is 0 Å². The Kier molecular flexibility index (Phi) is 4.06. The highest BCUT2D eigenvalue weighted by molar-refractivity contribution is 7.85. The number of Topliss-reactive ketones (excluding diaryl/α,β-unsaturated/α-hetero) is 1. The lowest BCUT2D eigenvalue weighted by atomic mass is 9.84. The predicted molar refractivity (Wildman–Crippen MR) is 50.1 cm³/mol. The van der Waals surface area contributed by atoms with E-state index in [2.05, 4.69) is 0 Å². The van der Waals surface area contributed by atoms with E-state index >= 15 is 0 Å². The van der Waals surface area contributed by atoms with Crippen LogP contribution in [0.3, 0.4) is 0 Å². The Bertz CT molecular complexity index is 277. The molecular weight excluding hydrogens is 192 g/mol. The molecule has 0 aliphatic rings. The average Bonchev–Trinajstić information content (AvgIpc) is 1.98. The van der Waals surface area contributed by atoms with Crippen molar-refractivity contribution in [2.45, 2.75) is 33.6 Å². The second-order valence-corrected chi connectivity index (χ2v) is 5.27. The van der Waals surface area contributed by atoms with Crippen molar-refractivity contribution in [3.05, 3.63) is 0 Å². The van der Waals surface area contributed by atoms with Crippen molar-refractivity contribution in [1.82, 2.24) is 0 Å². The molecule has 1 N–H and O–H groups in total. The monoisotopic (exact) mass is 208 g/mol. The quantitative estimate of drug-likeness (QED) is 0.691. The first kappa shape index (κ1) is 12.6. The maximum atomic E-state index is 11.4. The zero-order chi connectivity index (χ0) is 10.7. The van der Waals surface area contributed by atoms with Gasteiger partial charge in [-0.1, -0.05) is 20.8 Å². The molecule has 0 aliphatic carbocycles. The molecule has 0 atom stereocenters. The first-order chi connectivity index (χ1) is 5.69. The van der Waals surface area contributed by atoms with E-state index in [1.165, 1.54) is 0 Å². The largest absolute Gasteiger partial charge is 0.299 e. The molecule has 0 unspecified atom stereocenters. The predicted octanol–water partition coefficient (Wildman–Crippen LogP) is 1.27. The summed E-state index contributed by atoms with van der Waals surface area (Å²) < 4.78 is 29.1. The molecule has 0 aromatic carbocycles. The second-order valence-electron chi connectivity index (χ2n) is 3.70. The molecule has 4 nitrogen and oxygen atoms in total. The van der Waals surface area contributed by atoms with Gasteiger partial charge in [-0.2, -0.15) is 8.42 Å². The van der Waals surface area contributed by atoms with Crippen LogP contribution in [0, 0.1) is 5.41 Å². The molecule has 0 spiro atoms. The van der Waals surface area contributed by atoms with Crippen molar-refractivity contribution in [3.63, 3.8) is 0 Å². The van der Waals surface area contributed by atoms with E-state index in [0.717, 1.165) is 0 Å². The van der Waals surface area contributed by atoms with Gasteiger partial charge in [0.05, 0.1) is 5.75 Å². The molecule has 5 heteroatoms. The molecule has 0 aliphatic heterocycles. The highest BCUT2D eigenvalue weighted by Gasteiger charge is 2.25. The number of carbonyl (C=O) groups excluding carboxylic acids is 1. The SMILES string of the molecule is CCC(C)(C)C(=O)CCS(=O)(=O)O. The van der Waals surface area contributed by atoms with Gasteiger partial charge in [0, 0.05) is 11.8 Å². The maximum Gasteiger partial charge on any atom is 0.265 e. The standard InChI is InChI=1S/C8H16O4S/c1-4-8(2,3)7(9)5-6-13(10,11)12/h4-6H2,1-3H3,(H,10,11,12). The van der Waals surface area contributed by atoms with E-state index in [-0.39, 0.29) is 12.2 Å². The summed E-state index contributed by atoms with van der Waals surface area (Å²) in [5, 5.41) is 0. The van der Waals surface area contributed by atoms with Crippen molar-refractivity contribution >= 4 is 15.9 Å².